The summed E-state index contributed by atoms with van der Waals surface area (Å²) in [6.07, 6.45) is 3.72. The summed E-state index contributed by atoms with van der Waals surface area (Å²) in [5.74, 6) is -0.323. The molecule has 0 unspecified atom stereocenters. The van der Waals surface area contributed by atoms with Crippen molar-refractivity contribution in [2.24, 2.45) is 11.3 Å². The van der Waals surface area contributed by atoms with Gasteiger partial charge in [-0.15, -0.1) is 0 Å². The van der Waals surface area contributed by atoms with Crippen LogP contribution >= 0.6 is 0 Å². The minimum absolute atomic E-state index is 0.168. The molecule has 146 valence electrons. The number of halogens is 1. The van der Waals surface area contributed by atoms with Crippen LogP contribution in [0.25, 0.3) is 0 Å². The number of hydrogen-bond donors (Lipinski definition) is 1. The molecule has 0 bridgehead atoms. The molecule has 4 rings (SSSR count). The summed E-state index contributed by atoms with van der Waals surface area (Å²) in [5, 5.41) is 2.83. The van der Waals surface area contributed by atoms with Crippen molar-refractivity contribution in [2.75, 3.05) is 44.7 Å². The number of hydrogen-bond acceptors (Lipinski definition) is 3. The minimum Gasteiger partial charge on any atom is -0.381 e. The van der Waals surface area contributed by atoms with Crippen LogP contribution in [0.2, 0.25) is 0 Å². The van der Waals surface area contributed by atoms with Gasteiger partial charge in [0.05, 0.1) is 5.92 Å². The lowest BCUT2D eigenvalue weighted by atomic mass is 9.71. The maximum Gasteiger partial charge on any atom is 0.321 e. The molecular weight excluding hydrogens is 349 g/mol. The number of ether oxygens (including phenoxy) is 1. The van der Waals surface area contributed by atoms with Gasteiger partial charge in [-0.1, -0.05) is 0 Å². The van der Waals surface area contributed by atoms with Gasteiger partial charge in [0.15, 0.2) is 0 Å². The first-order valence-corrected chi connectivity index (χ1v) is 9.75. The number of amides is 3. The monoisotopic (exact) mass is 375 g/mol. The number of anilines is 1. The maximum absolute atomic E-state index is 13.2. The van der Waals surface area contributed by atoms with Crippen LogP contribution in [0.15, 0.2) is 24.3 Å². The van der Waals surface area contributed by atoms with E-state index in [1.807, 2.05) is 4.90 Å². The Morgan fingerprint density at radius 2 is 1.74 bits per heavy atom. The molecule has 1 aromatic carbocycles. The second-order valence-corrected chi connectivity index (χ2v) is 7.88. The van der Waals surface area contributed by atoms with Crippen molar-refractivity contribution in [3.63, 3.8) is 0 Å². The van der Waals surface area contributed by atoms with Gasteiger partial charge in [-0.25, -0.2) is 9.18 Å². The third kappa shape index (κ3) is 3.65. The highest BCUT2D eigenvalue weighted by Gasteiger charge is 2.52. The summed E-state index contributed by atoms with van der Waals surface area (Å²) in [6.45, 7) is 3.91. The van der Waals surface area contributed by atoms with Crippen molar-refractivity contribution < 1.29 is 18.7 Å². The van der Waals surface area contributed by atoms with Crippen LogP contribution in [0, 0.1) is 17.2 Å². The topological polar surface area (TPSA) is 61.9 Å². The highest BCUT2D eigenvalue weighted by molar-refractivity contribution is 5.90. The molecule has 0 radical (unpaired) electrons. The van der Waals surface area contributed by atoms with E-state index < -0.39 is 0 Å². The van der Waals surface area contributed by atoms with E-state index in [1.54, 1.807) is 17.0 Å². The number of rotatable bonds is 2. The maximum atomic E-state index is 13.2. The Labute approximate surface area is 158 Å². The van der Waals surface area contributed by atoms with Crippen molar-refractivity contribution in [3.8, 4) is 0 Å². The van der Waals surface area contributed by atoms with Crippen molar-refractivity contribution in [1.82, 2.24) is 9.80 Å². The van der Waals surface area contributed by atoms with E-state index in [2.05, 4.69) is 5.32 Å². The zero-order valence-electron chi connectivity index (χ0n) is 15.5. The predicted molar refractivity (Wildman–Crippen MR) is 98.8 cm³/mol. The zero-order valence-corrected chi connectivity index (χ0v) is 15.5. The standard InChI is InChI=1S/C20H26FN3O3/c21-15-3-5-16(6-4-15)22-19(26)24-13-17(18(25)23-9-1-2-10-23)20(14-24)7-11-27-12-8-20/h3-6,17H,1-2,7-14H2,(H,22,26)/t17-/m1/s1. The molecule has 3 amide bonds. The summed E-state index contributed by atoms with van der Waals surface area (Å²) < 4.78 is 18.6. The van der Waals surface area contributed by atoms with Gasteiger partial charge in [-0.3, -0.25) is 4.79 Å². The van der Waals surface area contributed by atoms with Crippen LogP contribution in [0.3, 0.4) is 0 Å². The fraction of sp³-hybridized carbons (Fsp3) is 0.600. The smallest absolute Gasteiger partial charge is 0.321 e. The molecule has 1 aromatic rings. The Kier molecular flexibility index (Phi) is 5.04. The Bertz CT molecular complexity index is 697. The number of urea groups is 1. The number of nitrogens with one attached hydrogen (secondary N) is 1. The highest BCUT2D eigenvalue weighted by atomic mass is 19.1. The zero-order chi connectivity index (χ0) is 18.9. The predicted octanol–water partition coefficient (Wildman–Crippen LogP) is 2.71. The third-order valence-corrected chi connectivity index (χ3v) is 6.24. The van der Waals surface area contributed by atoms with Gasteiger partial charge >= 0.3 is 6.03 Å². The number of carbonyl (C=O) groups excluding carboxylic acids is 2. The minimum atomic E-state index is -0.341. The van der Waals surface area contributed by atoms with Gasteiger partial charge in [-0.05, 0) is 49.9 Å². The quantitative estimate of drug-likeness (QED) is 0.865. The second kappa shape index (κ2) is 7.46. The van der Waals surface area contributed by atoms with Crippen molar-refractivity contribution in [1.29, 1.82) is 0 Å². The molecule has 0 aromatic heterocycles. The van der Waals surface area contributed by atoms with Crippen LogP contribution in [-0.2, 0) is 9.53 Å². The molecule has 0 saturated carbocycles. The molecule has 3 aliphatic heterocycles. The molecule has 1 atom stereocenters. The number of carbonyl (C=O) groups is 2. The average molecular weight is 375 g/mol. The van der Waals surface area contributed by atoms with Crippen molar-refractivity contribution in [3.05, 3.63) is 30.1 Å². The van der Waals surface area contributed by atoms with Crippen LogP contribution in [0.4, 0.5) is 14.9 Å². The summed E-state index contributed by atoms with van der Waals surface area (Å²) in [7, 11) is 0. The molecule has 6 nitrogen and oxygen atoms in total. The number of nitrogens with zero attached hydrogens (tertiary/aromatic N) is 2. The van der Waals surface area contributed by atoms with E-state index in [9.17, 15) is 14.0 Å². The number of benzene rings is 1. The van der Waals surface area contributed by atoms with Crippen molar-refractivity contribution >= 4 is 17.6 Å². The van der Waals surface area contributed by atoms with Crippen LogP contribution in [-0.4, -0.2) is 61.1 Å². The van der Waals surface area contributed by atoms with Crippen LogP contribution in [0.5, 0.6) is 0 Å². The molecule has 1 spiro atoms. The summed E-state index contributed by atoms with van der Waals surface area (Å²) in [6, 6.07) is 5.49. The first kappa shape index (κ1) is 18.2. The average Bonchev–Trinajstić information content (AvgIpc) is 3.33. The van der Waals surface area contributed by atoms with E-state index in [1.165, 1.54) is 12.1 Å². The van der Waals surface area contributed by atoms with E-state index in [0.717, 1.165) is 38.8 Å². The highest BCUT2D eigenvalue weighted by Crippen LogP contribution is 2.45. The largest absolute Gasteiger partial charge is 0.381 e. The Morgan fingerprint density at radius 1 is 1.07 bits per heavy atom. The third-order valence-electron chi connectivity index (χ3n) is 6.24. The molecule has 7 heteroatoms. The molecule has 3 saturated heterocycles. The van der Waals surface area contributed by atoms with Gasteiger partial charge in [0, 0.05) is 50.5 Å². The van der Waals surface area contributed by atoms with Crippen LogP contribution in [0.1, 0.15) is 25.7 Å². The van der Waals surface area contributed by atoms with Gasteiger partial charge in [-0.2, -0.15) is 0 Å². The van der Waals surface area contributed by atoms with E-state index in [4.69, 9.17) is 4.74 Å². The molecule has 3 aliphatic rings. The Morgan fingerprint density at radius 3 is 2.41 bits per heavy atom. The summed E-state index contributed by atoms with van der Waals surface area (Å²) >= 11 is 0. The first-order chi connectivity index (χ1) is 13.1. The first-order valence-electron chi connectivity index (χ1n) is 9.75. The molecule has 0 aliphatic carbocycles. The molecule has 3 heterocycles. The molecular formula is C20H26FN3O3. The fourth-order valence-electron chi connectivity index (χ4n) is 4.64. The Balaban J connectivity index is 1.50. The number of likely N-dealkylation sites (tertiary alicyclic amines) is 2. The summed E-state index contributed by atoms with van der Waals surface area (Å²) in [5.41, 5.74) is 0.356. The van der Waals surface area contributed by atoms with E-state index >= 15 is 0 Å². The fourth-order valence-corrected chi connectivity index (χ4v) is 4.64. The van der Waals surface area contributed by atoms with Gasteiger partial charge in [0.2, 0.25) is 5.91 Å². The van der Waals surface area contributed by atoms with Gasteiger partial charge in [0.25, 0.3) is 0 Å². The Hall–Kier alpha value is -2.15. The molecule has 27 heavy (non-hydrogen) atoms. The second-order valence-electron chi connectivity index (χ2n) is 7.88. The molecule has 3 fully saturated rings. The van der Waals surface area contributed by atoms with E-state index in [-0.39, 0.29) is 29.1 Å². The van der Waals surface area contributed by atoms with Crippen LogP contribution < -0.4 is 5.32 Å². The van der Waals surface area contributed by atoms with Gasteiger partial charge < -0.3 is 19.9 Å². The van der Waals surface area contributed by atoms with Crippen molar-refractivity contribution in [2.45, 2.75) is 25.7 Å². The lowest BCUT2D eigenvalue weighted by Gasteiger charge is -2.38. The molecule has 1 N–H and O–H groups in total. The lowest BCUT2D eigenvalue weighted by molar-refractivity contribution is -0.139. The SMILES string of the molecule is O=C(Nc1ccc(F)cc1)N1C[C@H](C(=O)N2CCCC2)C2(CCOCC2)C1. The normalized spacial score (nSPS) is 24.4. The summed E-state index contributed by atoms with van der Waals surface area (Å²) in [4.78, 5) is 29.7. The lowest BCUT2D eigenvalue weighted by Crippen LogP contribution is -2.45. The van der Waals surface area contributed by atoms with E-state index in [0.29, 0.717) is 32.0 Å². The van der Waals surface area contributed by atoms with Gasteiger partial charge in [0.1, 0.15) is 5.82 Å².